The maximum Gasteiger partial charge on any atom is 0.416 e. The molecule has 1 fully saturated rings. The molecule has 0 saturated carbocycles. The van der Waals surface area contributed by atoms with Crippen molar-refractivity contribution in [3.05, 3.63) is 69.7 Å². The van der Waals surface area contributed by atoms with Crippen LogP contribution in [0.15, 0.2) is 52.7 Å². The summed E-state index contributed by atoms with van der Waals surface area (Å²) >= 11 is 7.43. The van der Waals surface area contributed by atoms with E-state index in [0.29, 0.717) is 25.6 Å². The zero-order chi connectivity index (χ0) is 24.5. The van der Waals surface area contributed by atoms with Gasteiger partial charge < -0.3 is 9.64 Å². The number of ether oxygens (including phenoxy) is 1. The molecule has 0 bridgehead atoms. The Morgan fingerprint density at radius 1 is 1.09 bits per heavy atom. The Bertz CT molecular complexity index is 1260. The smallest absolute Gasteiger partial charge is 0.416 e. The standard InChI is InChI=1S/C22H21ClF3N3O3S2/c1-32-18-5-2-15(3-6-18)12-17-14-33-21(27-17)28-8-10-29(11-9-28)34(30,31)20-13-16(22(24,25)26)4-7-19(20)23/h2-7,13-14H,8-12H2,1H3. The number of nitrogens with zero attached hydrogens (tertiary/aromatic N) is 3. The molecule has 12 heteroatoms. The Hall–Kier alpha value is -2.34. The second-order valence-corrected chi connectivity index (χ2v) is 10.8. The van der Waals surface area contributed by atoms with Crippen LogP contribution in [-0.2, 0) is 22.6 Å². The van der Waals surface area contributed by atoms with Crippen molar-refractivity contribution in [3.8, 4) is 5.75 Å². The number of rotatable bonds is 6. The van der Waals surface area contributed by atoms with Crippen molar-refractivity contribution in [1.82, 2.24) is 9.29 Å². The second-order valence-electron chi connectivity index (χ2n) is 7.68. The summed E-state index contributed by atoms with van der Waals surface area (Å²) in [4.78, 5) is 6.11. The molecule has 34 heavy (non-hydrogen) atoms. The monoisotopic (exact) mass is 531 g/mol. The van der Waals surface area contributed by atoms with E-state index >= 15 is 0 Å². The number of piperazine rings is 1. The fourth-order valence-electron chi connectivity index (χ4n) is 3.61. The SMILES string of the molecule is COc1ccc(Cc2csc(N3CCN(S(=O)(=O)c4cc(C(F)(F)F)ccc4Cl)CC3)n2)cc1. The van der Waals surface area contributed by atoms with Gasteiger partial charge in [-0.25, -0.2) is 13.4 Å². The zero-order valence-electron chi connectivity index (χ0n) is 18.0. The van der Waals surface area contributed by atoms with Gasteiger partial charge in [-0.3, -0.25) is 0 Å². The highest BCUT2D eigenvalue weighted by molar-refractivity contribution is 7.89. The quantitative estimate of drug-likeness (QED) is 0.451. The van der Waals surface area contributed by atoms with E-state index < -0.39 is 26.7 Å². The number of benzene rings is 2. The molecule has 0 amide bonds. The summed E-state index contributed by atoms with van der Waals surface area (Å²) < 4.78 is 71.6. The number of hydrogen-bond acceptors (Lipinski definition) is 6. The lowest BCUT2D eigenvalue weighted by atomic mass is 10.1. The van der Waals surface area contributed by atoms with Crippen LogP contribution in [0, 0.1) is 0 Å². The number of thiazole rings is 1. The van der Waals surface area contributed by atoms with E-state index in [1.165, 1.54) is 11.3 Å². The minimum Gasteiger partial charge on any atom is -0.497 e. The Morgan fingerprint density at radius 2 is 1.76 bits per heavy atom. The predicted molar refractivity (Wildman–Crippen MR) is 125 cm³/mol. The largest absolute Gasteiger partial charge is 0.497 e. The fourth-order valence-corrected chi connectivity index (χ4v) is 6.41. The summed E-state index contributed by atoms with van der Waals surface area (Å²) in [5.41, 5.74) is 0.934. The van der Waals surface area contributed by atoms with Gasteiger partial charge in [-0.2, -0.15) is 17.5 Å². The molecule has 4 rings (SSSR count). The number of methoxy groups -OCH3 is 1. The first-order valence-electron chi connectivity index (χ1n) is 10.3. The summed E-state index contributed by atoms with van der Waals surface area (Å²) in [5, 5.41) is 2.50. The fraction of sp³-hybridized carbons (Fsp3) is 0.318. The van der Waals surface area contributed by atoms with E-state index in [1.54, 1.807) is 7.11 Å². The topological polar surface area (TPSA) is 62.7 Å². The van der Waals surface area contributed by atoms with Crippen molar-refractivity contribution < 1.29 is 26.3 Å². The number of hydrogen-bond donors (Lipinski definition) is 0. The van der Waals surface area contributed by atoms with Crippen LogP contribution in [0.4, 0.5) is 18.3 Å². The minimum atomic E-state index is -4.66. The van der Waals surface area contributed by atoms with Gasteiger partial charge >= 0.3 is 6.18 Å². The summed E-state index contributed by atoms with van der Waals surface area (Å²) in [6.45, 7) is 0.960. The van der Waals surface area contributed by atoms with E-state index in [4.69, 9.17) is 16.3 Å². The Balaban J connectivity index is 1.42. The maximum atomic E-state index is 13.1. The Kier molecular flexibility index (Phi) is 7.09. The third-order valence-corrected chi connectivity index (χ3v) is 8.80. The first-order chi connectivity index (χ1) is 16.1. The van der Waals surface area contributed by atoms with Gasteiger partial charge in [0.05, 0.1) is 23.4 Å². The van der Waals surface area contributed by atoms with Crippen molar-refractivity contribution in [2.45, 2.75) is 17.5 Å². The lowest BCUT2D eigenvalue weighted by Gasteiger charge is -2.34. The van der Waals surface area contributed by atoms with Crippen molar-refractivity contribution in [3.63, 3.8) is 0 Å². The predicted octanol–water partition coefficient (Wildman–Crippen LogP) is 4.93. The van der Waals surface area contributed by atoms with Gasteiger partial charge in [-0.1, -0.05) is 23.7 Å². The molecule has 2 heterocycles. The molecule has 0 aliphatic carbocycles. The Morgan fingerprint density at radius 3 is 2.38 bits per heavy atom. The average molecular weight is 532 g/mol. The van der Waals surface area contributed by atoms with E-state index in [1.807, 2.05) is 34.5 Å². The molecule has 0 atom stereocenters. The molecule has 182 valence electrons. The van der Waals surface area contributed by atoms with E-state index in [9.17, 15) is 21.6 Å². The van der Waals surface area contributed by atoms with E-state index in [2.05, 4.69) is 4.98 Å². The molecule has 1 saturated heterocycles. The molecule has 6 nitrogen and oxygen atoms in total. The van der Waals surface area contributed by atoms with Crippen LogP contribution in [-0.4, -0.2) is 51.0 Å². The summed E-state index contributed by atoms with van der Waals surface area (Å²) in [5.74, 6) is 0.780. The van der Waals surface area contributed by atoms with Crippen molar-refractivity contribution in [2.24, 2.45) is 0 Å². The van der Waals surface area contributed by atoms with Crippen LogP contribution in [0.2, 0.25) is 5.02 Å². The number of halogens is 4. The van der Waals surface area contributed by atoms with Crippen molar-refractivity contribution in [1.29, 1.82) is 0 Å². The lowest BCUT2D eigenvalue weighted by Crippen LogP contribution is -2.48. The Labute approximate surface area is 204 Å². The third-order valence-electron chi connectivity index (χ3n) is 5.47. The molecule has 0 spiro atoms. The molecule has 0 N–H and O–H groups in total. The molecule has 0 unspecified atom stereocenters. The minimum absolute atomic E-state index is 0.113. The lowest BCUT2D eigenvalue weighted by molar-refractivity contribution is -0.137. The molecular formula is C22H21ClF3N3O3S2. The van der Waals surface area contributed by atoms with Crippen LogP contribution in [0.25, 0.3) is 0 Å². The first kappa shape index (κ1) is 24.8. The molecule has 3 aromatic rings. The number of sulfonamides is 1. The van der Waals surface area contributed by atoms with E-state index in [0.717, 1.165) is 38.6 Å². The maximum absolute atomic E-state index is 13.1. The van der Waals surface area contributed by atoms with Crippen LogP contribution in [0.1, 0.15) is 16.8 Å². The van der Waals surface area contributed by atoms with Gasteiger partial charge in [-0.15, -0.1) is 11.3 Å². The highest BCUT2D eigenvalue weighted by atomic mass is 35.5. The number of alkyl halides is 3. The van der Waals surface area contributed by atoms with Crippen LogP contribution < -0.4 is 9.64 Å². The van der Waals surface area contributed by atoms with Crippen molar-refractivity contribution >= 4 is 38.1 Å². The molecular weight excluding hydrogens is 511 g/mol. The molecule has 1 aliphatic rings. The molecule has 0 radical (unpaired) electrons. The first-order valence-corrected chi connectivity index (χ1v) is 13.0. The summed E-state index contributed by atoms with van der Waals surface area (Å²) in [7, 11) is -2.56. The summed E-state index contributed by atoms with van der Waals surface area (Å²) in [6.07, 6.45) is -4.01. The van der Waals surface area contributed by atoms with Gasteiger partial charge in [-0.05, 0) is 35.9 Å². The normalized spacial score (nSPS) is 15.5. The molecule has 2 aromatic carbocycles. The third kappa shape index (κ3) is 5.32. The van der Waals surface area contributed by atoms with Gasteiger partial charge in [0.1, 0.15) is 10.6 Å². The van der Waals surface area contributed by atoms with E-state index in [-0.39, 0.29) is 18.1 Å². The zero-order valence-corrected chi connectivity index (χ0v) is 20.4. The molecule has 1 aromatic heterocycles. The number of aromatic nitrogens is 1. The van der Waals surface area contributed by atoms with Crippen molar-refractivity contribution in [2.75, 3.05) is 38.2 Å². The number of anilines is 1. The second kappa shape index (κ2) is 9.73. The highest BCUT2D eigenvalue weighted by Gasteiger charge is 2.35. The van der Waals surface area contributed by atoms with Gasteiger partial charge in [0, 0.05) is 38.0 Å². The summed E-state index contributed by atoms with van der Waals surface area (Å²) in [6, 6.07) is 10.0. The average Bonchev–Trinajstić information content (AvgIpc) is 3.27. The van der Waals surface area contributed by atoms with Crippen LogP contribution in [0.3, 0.4) is 0 Å². The van der Waals surface area contributed by atoms with Gasteiger partial charge in [0.25, 0.3) is 0 Å². The molecule has 1 aliphatic heterocycles. The van der Waals surface area contributed by atoms with Gasteiger partial charge in [0.15, 0.2) is 5.13 Å². The van der Waals surface area contributed by atoms with Crippen LogP contribution >= 0.6 is 22.9 Å². The highest BCUT2D eigenvalue weighted by Crippen LogP contribution is 2.35. The van der Waals surface area contributed by atoms with Gasteiger partial charge in [0.2, 0.25) is 10.0 Å². The van der Waals surface area contributed by atoms with Crippen LogP contribution in [0.5, 0.6) is 5.75 Å².